The summed E-state index contributed by atoms with van der Waals surface area (Å²) in [6.45, 7) is 0. The molecule has 0 aromatic heterocycles. The first-order valence-electron chi connectivity index (χ1n) is 5.03. The third-order valence-corrected chi connectivity index (χ3v) is 4.37. The molecule has 2 rings (SSSR count). The molecule has 1 unspecified atom stereocenters. The molecule has 94 valence electrons. The molecule has 2 aromatic carbocycles. The van der Waals surface area contributed by atoms with Gasteiger partial charge in [-0.2, -0.15) is 0 Å². The van der Waals surface area contributed by atoms with Crippen LogP contribution in [0.25, 0.3) is 0 Å². The fraction of sp³-hybridized carbons (Fsp3) is 0.0769. The molecular weight excluding hydrogens is 333 g/mol. The minimum atomic E-state index is -0.498. The van der Waals surface area contributed by atoms with Crippen LogP contribution in [0.1, 0.15) is 16.5 Å². The van der Waals surface area contributed by atoms with E-state index in [2.05, 4.69) is 0 Å². The van der Waals surface area contributed by atoms with E-state index in [1.54, 1.807) is 30.3 Å². The maximum atomic E-state index is 6.40. The molecule has 0 nitrogen and oxygen atoms in total. The van der Waals surface area contributed by atoms with Crippen molar-refractivity contribution in [1.29, 1.82) is 0 Å². The van der Waals surface area contributed by atoms with Crippen molar-refractivity contribution < 1.29 is 0 Å². The third kappa shape index (κ3) is 2.89. The van der Waals surface area contributed by atoms with E-state index < -0.39 is 5.38 Å². The summed E-state index contributed by atoms with van der Waals surface area (Å²) >= 11 is 30.6. The van der Waals surface area contributed by atoms with Crippen LogP contribution in [0.5, 0.6) is 0 Å². The van der Waals surface area contributed by atoms with Gasteiger partial charge in [-0.3, -0.25) is 0 Å². The highest BCUT2D eigenvalue weighted by Gasteiger charge is 2.18. The van der Waals surface area contributed by atoms with Gasteiger partial charge in [0.25, 0.3) is 0 Å². The van der Waals surface area contributed by atoms with E-state index in [1.165, 1.54) is 0 Å². The van der Waals surface area contributed by atoms with Crippen molar-refractivity contribution >= 4 is 58.0 Å². The van der Waals surface area contributed by atoms with Crippen molar-refractivity contribution in [3.05, 3.63) is 67.6 Å². The Balaban J connectivity index is 2.51. The molecule has 5 heteroatoms. The molecule has 0 aliphatic heterocycles. The summed E-state index contributed by atoms with van der Waals surface area (Å²) in [6, 6.07) is 10.4. The fourth-order valence-electron chi connectivity index (χ4n) is 1.59. The van der Waals surface area contributed by atoms with Crippen molar-refractivity contribution in [1.82, 2.24) is 0 Å². The highest BCUT2D eigenvalue weighted by Crippen LogP contribution is 2.40. The summed E-state index contributed by atoms with van der Waals surface area (Å²) in [4.78, 5) is 0. The molecule has 0 heterocycles. The number of benzene rings is 2. The average molecular weight is 340 g/mol. The zero-order chi connectivity index (χ0) is 13.3. The van der Waals surface area contributed by atoms with Crippen LogP contribution in [-0.4, -0.2) is 0 Å². The SMILES string of the molecule is Clc1ccc(Cl)c(C(Cl)c2cccc(Cl)c2Cl)c1. The molecule has 0 N–H and O–H groups in total. The van der Waals surface area contributed by atoms with Gasteiger partial charge < -0.3 is 0 Å². The van der Waals surface area contributed by atoms with Crippen molar-refractivity contribution in [3.8, 4) is 0 Å². The van der Waals surface area contributed by atoms with E-state index >= 15 is 0 Å². The Morgan fingerprint density at radius 3 is 2.22 bits per heavy atom. The molecule has 0 bridgehead atoms. The molecule has 0 radical (unpaired) electrons. The number of halogens is 5. The van der Waals surface area contributed by atoms with Crippen LogP contribution >= 0.6 is 58.0 Å². The molecule has 0 aliphatic carbocycles. The van der Waals surface area contributed by atoms with Crippen LogP contribution < -0.4 is 0 Å². The van der Waals surface area contributed by atoms with Crippen LogP contribution in [0.15, 0.2) is 36.4 Å². The summed E-state index contributed by atoms with van der Waals surface area (Å²) in [5.74, 6) is 0. The van der Waals surface area contributed by atoms with E-state index in [0.717, 1.165) is 0 Å². The second kappa shape index (κ2) is 5.90. The van der Waals surface area contributed by atoms with Gasteiger partial charge in [-0.05, 0) is 35.4 Å². The van der Waals surface area contributed by atoms with E-state index in [0.29, 0.717) is 31.2 Å². The van der Waals surface area contributed by atoms with E-state index in [4.69, 9.17) is 58.0 Å². The fourth-order valence-corrected chi connectivity index (χ4v) is 2.89. The molecule has 2 aromatic rings. The quantitative estimate of drug-likeness (QED) is 0.538. The summed E-state index contributed by atoms with van der Waals surface area (Å²) < 4.78 is 0. The summed E-state index contributed by atoms with van der Waals surface area (Å²) in [5.41, 5.74) is 1.41. The third-order valence-electron chi connectivity index (χ3n) is 2.49. The van der Waals surface area contributed by atoms with E-state index in [1.807, 2.05) is 6.07 Å². The molecular formula is C13H7Cl5. The first-order chi connectivity index (χ1) is 8.50. The molecule has 0 saturated heterocycles. The van der Waals surface area contributed by atoms with Crippen LogP contribution in [0.3, 0.4) is 0 Å². The van der Waals surface area contributed by atoms with Gasteiger partial charge in [-0.1, -0.05) is 58.5 Å². The summed E-state index contributed by atoms with van der Waals surface area (Å²) in [7, 11) is 0. The minimum Gasteiger partial charge on any atom is -0.112 e. The normalized spacial score (nSPS) is 12.5. The number of hydrogen-bond acceptors (Lipinski definition) is 0. The van der Waals surface area contributed by atoms with Gasteiger partial charge in [-0.15, -0.1) is 11.6 Å². The Hall–Kier alpha value is -0.110. The lowest BCUT2D eigenvalue weighted by molar-refractivity contribution is 1.14. The molecule has 0 spiro atoms. The van der Waals surface area contributed by atoms with Crippen LogP contribution in [0, 0.1) is 0 Å². The number of hydrogen-bond donors (Lipinski definition) is 0. The lowest BCUT2D eigenvalue weighted by Gasteiger charge is -2.14. The molecule has 0 fully saturated rings. The molecule has 0 saturated carbocycles. The van der Waals surface area contributed by atoms with Crippen molar-refractivity contribution in [2.24, 2.45) is 0 Å². The molecule has 0 aliphatic rings. The Labute approximate surface area is 130 Å². The van der Waals surface area contributed by atoms with E-state index in [9.17, 15) is 0 Å². The highest BCUT2D eigenvalue weighted by atomic mass is 35.5. The van der Waals surface area contributed by atoms with Gasteiger partial charge in [0, 0.05) is 10.0 Å². The molecule has 1 atom stereocenters. The van der Waals surface area contributed by atoms with Gasteiger partial charge in [0.15, 0.2) is 0 Å². The van der Waals surface area contributed by atoms with Gasteiger partial charge >= 0.3 is 0 Å². The maximum Gasteiger partial charge on any atom is 0.0865 e. The first-order valence-corrected chi connectivity index (χ1v) is 6.98. The summed E-state index contributed by atoms with van der Waals surface area (Å²) in [5, 5.41) is 1.49. The lowest BCUT2D eigenvalue weighted by Crippen LogP contribution is -1.96. The zero-order valence-electron chi connectivity index (χ0n) is 8.93. The smallest absolute Gasteiger partial charge is 0.0865 e. The standard InChI is InChI=1S/C13H7Cl5/c14-7-4-5-10(15)9(6-7)12(17)8-2-1-3-11(16)13(8)18/h1-6,12H. The zero-order valence-corrected chi connectivity index (χ0v) is 12.7. The highest BCUT2D eigenvalue weighted by molar-refractivity contribution is 6.43. The lowest BCUT2D eigenvalue weighted by atomic mass is 10.0. The first kappa shape index (κ1) is 14.3. The van der Waals surface area contributed by atoms with Gasteiger partial charge in [0.05, 0.1) is 15.4 Å². The maximum absolute atomic E-state index is 6.40. The minimum absolute atomic E-state index is 0.426. The monoisotopic (exact) mass is 338 g/mol. The Bertz CT molecular complexity index is 578. The number of rotatable bonds is 2. The van der Waals surface area contributed by atoms with Crippen LogP contribution in [0.4, 0.5) is 0 Å². The van der Waals surface area contributed by atoms with Gasteiger partial charge in [-0.25, -0.2) is 0 Å². The Kier molecular flexibility index (Phi) is 4.69. The van der Waals surface area contributed by atoms with E-state index in [-0.39, 0.29) is 0 Å². The van der Waals surface area contributed by atoms with Crippen LogP contribution in [0.2, 0.25) is 20.1 Å². The van der Waals surface area contributed by atoms with Crippen molar-refractivity contribution in [3.63, 3.8) is 0 Å². The van der Waals surface area contributed by atoms with Crippen molar-refractivity contribution in [2.75, 3.05) is 0 Å². The Morgan fingerprint density at radius 1 is 0.778 bits per heavy atom. The number of alkyl halides is 1. The second-order valence-corrected chi connectivity index (χ2v) is 5.74. The van der Waals surface area contributed by atoms with Gasteiger partial charge in [0.1, 0.15) is 0 Å². The largest absolute Gasteiger partial charge is 0.112 e. The van der Waals surface area contributed by atoms with Gasteiger partial charge in [0.2, 0.25) is 0 Å². The summed E-state index contributed by atoms with van der Waals surface area (Å²) in [6.07, 6.45) is 0. The average Bonchev–Trinajstić information content (AvgIpc) is 2.35. The topological polar surface area (TPSA) is 0 Å². The van der Waals surface area contributed by atoms with Crippen LogP contribution in [-0.2, 0) is 0 Å². The molecule has 18 heavy (non-hydrogen) atoms. The van der Waals surface area contributed by atoms with Crippen molar-refractivity contribution in [2.45, 2.75) is 5.38 Å². The second-order valence-electron chi connectivity index (χ2n) is 3.67. The predicted molar refractivity (Wildman–Crippen MR) is 80.6 cm³/mol. The predicted octanol–water partition coefficient (Wildman–Crippen LogP) is 6.63. The Morgan fingerprint density at radius 2 is 1.50 bits per heavy atom. The molecule has 0 amide bonds.